The first-order valence-corrected chi connectivity index (χ1v) is 10.3. The molecule has 2 N–H and O–H groups in total. The van der Waals surface area contributed by atoms with Gasteiger partial charge in [0.05, 0.1) is 6.10 Å². The van der Waals surface area contributed by atoms with Gasteiger partial charge < -0.3 is 20.1 Å². The van der Waals surface area contributed by atoms with E-state index < -0.39 is 5.60 Å². The lowest BCUT2D eigenvalue weighted by molar-refractivity contribution is 0.0168. The van der Waals surface area contributed by atoms with Gasteiger partial charge in [0.2, 0.25) is 0 Å². The van der Waals surface area contributed by atoms with E-state index in [4.69, 9.17) is 9.47 Å². The number of hydrogen-bond donors (Lipinski definition) is 2. The monoisotopic (exact) mass is 354 g/mol. The maximum absolute atomic E-state index is 11.8. The van der Waals surface area contributed by atoms with Crippen molar-refractivity contribution >= 4 is 6.09 Å². The summed E-state index contributed by atoms with van der Waals surface area (Å²) in [5.74, 6) is 0. The van der Waals surface area contributed by atoms with E-state index in [1.165, 1.54) is 32.1 Å². The highest BCUT2D eigenvalue weighted by Gasteiger charge is 2.25. The van der Waals surface area contributed by atoms with Crippen LogP contribution >= 0.6 is 0 Å². The molecule has 5 heteroatoms. The van der Waals surface area contributed by atoms with E-state index in [0.717, 1.165) is 51.3 Å². The molecule has 0 bridgehead atoms. The van der Waals surface area contributed by atoms with Crippen molar-refractivity contribution in [2.24, 2.45) is 0 Å². The van der Waals surface area contributed by atoms with E-state index >= 15 is 0 Å². The number of carbonyl (C=O) groups excluding carboxylic acids is 1. The zero-order chi connectivity index (χ0) is 18.1. The Bertz CT molecular complexity index is 381. The summed E-state index contributed by atoms with van der Waals surface area (Å²) in [6.07, 6.45) is 12.0. The molecule has 2 fully saturated rings. The van der Waals surface area contributed by atoms with E-state index in [-0.39, 0.29) is 12.1 Å². The summed E-state index contributed by atoms with van der Waals surface area (Å²) < 4.78 is 11.3. The summed E-state index contributed by atoms with van der Waals surface area (Å²) >= 11 is 0. The summed E-state index contributed by atoms with van der Waals surface area (Å²) in [5, 5.41) is 6.65. The Balaban J connectivity index is 1.48. The zero-order valence-electron chi connectivity index (χ0n) is 16.4. The summed E-state index contributed by atoms with van der Waals surface area (Å²) in [6.45, 7) is 7.58. The fourth-order valence-corrected chi connectivity index (χ4v) is 3.78. The van der Waals surface area contributed by atoms with Crippen molar-refractivity contribution in [2.45, 2.75) is 109 Å². The van der Waals surface area contributed by atoms with Crippen molar-refractivity contribution < 1.29 is 14.3 Å². The molecule has 2 rings (SSSR count). The van der Waals surface area contributed by atoms with Gasteiger partial charge in [-0.1, -0.05) is 19.3 Å². The number of amides is 1. The smallest absolute Gasteiger partial charge is 0.407 e. The summed E-state index contributed by atoms with van der Waals surface area (Å²) in [6, 6.07) is 0.964. The highest BCUT2D eigenvalue weighted by atomic mass is 16.6. The summed E-state index contributed by atoms with van der Waals surface area (Å²) in [7, 11) is 0. The van der Waals surface area contributed by atoms with Gasteiger partial charge in [0, 0.05) is 18.7 Å². The van der Waals surface area contributed by atoms with Crippen LogP contribution in [-0.2, 0) is 9.47 Å². The second-order valence-electron chi connectivity index (χ2n) is 8.63. The number of carbonyl (C=O) groups is 1. The molecule has 0 unspecified atom stereocenters. The van der Waals surface area contributed by atoms with Gasteiger partial charge in [-0.25, -0.2) is 4.79 Å². The molecule has 5 nitrogen and oxygen atoms in total. The highest BCUT2D eigenvalue weighted by molar-refractivity contribution is 5.68. The van der Waals surface area contributed by atoms with E-state index in [1.807, 2.05) is 20.8 Å². The second kappa shape index (κ2) is 10.4. The van der Waals surface area contributed by atoms with E-state index in [2.05, 4.69) is 10.6 Å². The number of rotatable bonds is 7. The molecule has 0 radical (unpaired) electrons. The number of nitrogens with one attached hydrogen (secondary N) is 2. The standard InChI is InChI=1S/C20H38N2O3/c1-20(2,3)25-19(23)22-17-10-12-18(13-11-17)24-15-7-14-21-16-8-5-4-6-9-16/h16-18,21H,4-15H2,1-3H3,(H,22,23). The molecular formula is C20H38N2O3. The highest BCUT2D eigenvalue weighted by Crippen LogP contribution is 2.22. The van der Waals surface area contributed by atoms with Gasteiger partial charge in [0.15, 0.2) is 0 Å². The Labute approximate surface area is 153 Å². The first-order chi connectivity index (χ1) is 11.9. The second-order valence-corrected chi connectivity index (χ2v) is 8.63. The number of ether oxygens (including phenoxy) is 2. The molecule has 0 saturated heterocycles. The van der Waals surface area contributed by atoms with Crippen LogP contribution in [0.15, 0.2) is 0 Å². The molecular weight excluding hydrogens is 316 g/mol. The SMILES string of the molecule is CC(C)(C)OC(=O)NC1CCC(OCCCNC2CCCCC2)CC1. The largest absolute Gasteiger partial charge is 0.444 e. The van der Waals surface area contributed by atoms with Gasteiger partial charge in [0.25, 0.3) is 0 Å². The molecule has 2 aliphatic rings. The van der Waals surface area contributed by atoms with Gasteiger partial charge in [-0.05, 0) is 72.3 Å². The van der Waals surface area contributed by atoms with Crippen LogP contribution < -0.4 is 10.6 Å². The van der Waals surface area contributed by atoms with Crippen molar-refractivity contribution in [1.29, 1.82) is 0 Å². The van der Waals surface area contributed by atoms with Crippen LogP contribution in [0.25, 0.3) is 0 Å². The third-order valence-corrected chi connectivity index (χ3v) is 5.11. The average molecular weight is 355 g/mol. The summed E-state index contributed by atoms with van der Waals surface area (Å²) in [4.78, 5) is 11.8. The van der Waals surface area contributed by atoms with E-state index in [1.54, 1.807) is 0 Å². The molecule has 0 aromatic heterocycles. The van der Waals surface area contributed by atoms with E-state index in [0.29, 0.717) is 6.10 Å². The van der Waals surface area contributed by atoms with Gasteiger partial charge >= 0.3 is 6.09 Å². The Kier molecular flexibility index (Phi) is 8.50. The maximum Gasteiger partial charge on any atom is 0.407 e. The molecule has 25 heavy (non-hydrogen) atoms. The van der Waals surface area contributed by atoms with Crippen LogP contribution in [0.5, 0.6) is 0 Å². The lowest BCUT2D eigenvalue weighted by Crippen LogP contribution is -2.42. The first kappa shape index (κ1) is 20.5. The molecule has 146 valence electrons. The van der Waals surface area contributed by atoms with Crippen molar-refractivity contribution in [3.05, 3.63) is 0 Å². The minimum Gasteiger partial charge on any atom is -0.444 e. The average Bonchev–Trinajstić information content (AvgIpc) is 2.55. The minimum absolute atomic E-state index is 0.225. The fourth-order valence-electron chi connectivity index (χ4n) is 3.78. The van der Waals surface area contributed by atoms with Crippen LogP contribution in [-0.4, -0.2) is 43.0 Å². The molecule has 0 spiro atoms. The third-order valence-electron chi connectivity index (χ3n) is 5.11. The van der Waals surface area contributed by atoms with Crippen molar-refractivity contribution in [3.8, 4) is 0 Å². The van der Waals surface area contributed by atoms with Gasteiger partial charge in [-0.15, -0.1) is 0 Å². The first-order valence-electron chi connectivity index (χ1n) is 10.3. The van der Waals surface area contributed by atoms with Gasteiger partial charge in [-0.2, -0.15) is 0 Å². The molecule has 0 aliphatic heterocycles. The van der Waals surface area contributed by atoms with Crippen LogP contribution in [0, 0.1) is 0 Å². The molecule has 0 atom stereocenters. The predicted octanol–water partition coefficient (Wildman–Crippen LogP) is 4.15. The van der Waals surface area contributed by atoms with Crippen molar-refractivity contribution in [3.63, 3.8) is 0 Å². The third kappa shape index (κ3) is 8.91. The topological polar surface area (TPSA) is 59.6 Å². The zero-order valence-corrected chi connectivity index (χ0v) is 16.4. The maximum atomic E-state index is 11.8. The molecule has 0 aromatic carbocycles. The van der Waals surface area contributed by atoms with Crippen molar-refractivity contribution in [1.82, 2.24) is 10.6 Å². The van der Waals surface area contributed by atoms with Crippen LogP contribution in [0.3, 0.4) is 0 Å². The van der Waals surface area contributed by atoms with Gasteiger partial charge in [-0.3, -0.25) is 0 Å². The van der Waals surface area contributed by atoms with Crippen molar-refractivity contribution in [2.75, 3.05) is 13.2 Å². The minimum atomic E-state index is -0.434. The molecule has 2 saturated carbocycles. The van der Waals surface area contributed by atoms with Gasteiger partial charge in [0.1, 0.15) is 5.60 Å². The molecule has 2 aliphatic carbocycles. The quantitative estimate of drug-likeness (QED) is 0.674. The Morgan fingerprint density at radius 3 is 2.28 bits per heavy atom. The van der Waals surface area contributed by atoms with Crippen LogP contribution in [0.4, 0.5) is 4.79 Å². The fraction of sp³-hybridized carbons (Fsp3) is 0.950. The number of alkyl carbamates (subject to hydrolysis) is 1. The van der Waals surface area contributed by atoms with Crippen LogP contribution in [0.2, 0.25) is 0 Å². The molecule has 0 aromatic rings. The Hall–Kier alpha value is -0.810. The lowest BCUT2D eigenvalue weighted by atomic mass is 9.93. The molecule has 0 heterocycles. The summed E-state index contributed by atoms with van der Waals surface area (Å²) in [5.41, 5.74) is -0.434. The Morgan fingerprint density at radius 1 is 0.960 bits per heavy atom. The predicted molar refractivity (Wildman–Crippen MR) is 101 cm³/mol. The van der Waals surface area contributed by atoms with Crippen LogP contribution in [0.1, 0.15) is 85.0 Å². The lowest BCUT2D eigenvalue weighted by Gasteiger charge is -2.30. The molecule has 1 amide bonds. The Morgan fingerprint density at radius 2 is 1.64 bits per heavy atom. The van der Waals surface area contributed by atoms with E-state index in [9.17, 15) is 4.79 Å². The number of hydrogen-bond acceptors (Lipinski definition) is 4. The normalized spacial score (nSPS) is 25.6.